The van der Waals surface area contributed by atoms with E-state index in [4.69, 9.17) is 0 Å². The molecule has 6 nitrogen and oxygen atoms in total. The Morgan fingerprint density at radius 1 is 1.00 bits per heavy atom. The Labute approximate surface area is 168 Å². The summed E-state index contributed by atoms with van der Waals surface area (Å²) in [5.41, 5.74) is 3.26. The number of aromatic amines is 1. The van der Waals surface area contributed by atoms with Crippen molar-refractivity contribution < 1.29 is 4.79 Å². The van der Waals surface area contributed by atoms with E-state index >= 15 is 0 Å². The lowest BCUT2D eigenvalue weighted by atomic mass is 9.93. The monoisotopic (exact) mass is 386 g/mol. The zero-order chi connectivity index (χ0) is 20.1. The molecule has 2 heterocycles. The van der Waals surface area contributed by atoms with E-state index in [2.05, 4.69) is 15.3 Å². The first-order chi connectivity index (χ1) is 14.2. The van der Waals surface area contributed by atoms with Crippen LogP contribution in [0.4, 0.5) is 0 Å². The molecular weight excluding hydrogens is 364 g/mol. The van der Waals surface area contributed by atoms with Gasteiger partial charge in [0.25, 0.3) is 0 Å². The second-order valence-corrected chi connectivity index (χ2v) is 6.88. The first-order valence-corrected chi connectivity index (χ1v) is 9.62. The van der Waals surface area contributed by atoms with Crippen LogP contribution in [0.3, 0.4) is 0 Å². The second kappa shape index (κ2) is 8.56. The molecule has 2 N–H and O–H groups in total. The number of pyridine rings is 1. The Morgan fingerprint density at radius 3 is 2.55 bits per heavy atom. The van der Waals surface area contributed by atoms with Gasteiger partial charge in [0.15, 0.2) is 0 Å². The minimum Gasteiger partial charge on any atom is -0.354 e. The average molecular weight is 386 g/mol. The Hall–Kier alpha value is -3.67. The van der Waals surface area contributed by atoms with Crippen molar-refractivity contribution in [2.45, 2.75) is 18.9 Å². The lowest BCUT2D eigenvalue weighted by Crippen LogP contribution is -2.34. The van der Waals surface area contributed by atoms with Gasteiger partial charge in [-0.15, -0.1) is 0 Å². The highest BCUT2D eigenvalue weighted by molar-refractivity contribution is 5.84. The number of benzene rings is 2. The number of aromatic nitrogens is 3. The number of fused-ring (bicyclic) bond motifs is 1. The summed E-state index contributed by atoms with van der Waals surface area (Å²) in [6.07, 6.45) is 2.25. The van der Waals surface area contributed by atoms with Gasteiger partial charge >= 0.3 is 5.69 Å². The van der Waals surface area contributed by atoms with Crippen molar-refractivity contribution >= 4 is 16.9 Å². The summed E-state index contributed by atoms with van der Waals surface area (Å²) >= 11 is 0. The fourth-order valence-electron chi connectivity index (χ4n) is 3.52. The molecule has 0 spiro atoms. The maximum Gasteiger partial charge on any atom is 0.326 e. The number of hydrogen-bond acceptors (Lipinski definition) is 3. The maximum absolute atomic E-state index is 13.0. The molecule has 2 aromatic heterocycles. The van der Waals surface area contributed by atoms with Crippen molar-refractivity contribution in [3.05, 3.63) is 101 Å². The molecule has 1 amide bonds. The van der Waals surface area contributed by atoms with Crippen LogP contribution in [0.5, 0.6) is 0 Å². The zero-order valence-corrected chi connectivity index (χ0v) is 15.9. The molecule has 0 aliphatic heterocycles. The molecule has 2 aromatic carbocycles. The van der Waals surface area contributed by atoms with E-state index in [1.807, 2.05) is 72.8 Å². The van der Waals surface area contributed by atoms with Gasteiger partial charge < -0.3 is 10.3 Å². The summed E-state index contributed by atoms with van der Waals surface area (Å²) in [5, 5.41) is 2.99. The summed E-state index contributed by atoms with van der Waals surface area (Å²) in [5.74, 6) is -0.416. The smallest absolute Gasteiger partial charge is 0.326 e. The molecular formula is C23H22N4O2. The largest absolute Gasteiger partial charge is 0.354 e. The standard InChI is InChI=1S/C23H22N4O2/c28-22(25-14-15-27-21-12-5-4-11-20(21)26-23(27)29)19(17-8-2-1-3-9-17)16-18-10-6-7-13-24-18/h1-13,19H,14-16H2,(H,25,28)(H,26,29). The highest BCUT2D eigenvalue weighted by Crippen LogP contribution is 2.20. The van der Waals surface area contributed by atoms with Crippen LogP contribution in [0.15, 0.2) is 83.8 Å². The zero-order valence-electron chi connectivity index (χ0n) is 15.9. The molecule has 0 aliphatic rings. The number of rotatable bonds is 7. The van der Waals surface area contributed by atoms with Crippen molar-refractivity contribution in [2.75, 3.05) is 6.54 Å². The summed E-state index contributed by atoms with van der Waals surface area (Å²) in [6, 6.07) is 22.9. The number of carbonyl (C=O) groups excluding carboxylic acids is 1. The van der Waals surface area contributed by atoms with Gasteiger partial charge in [0.1, 0.15) is 0 Å². The van der Waals surface area contributed by atoms with Gasteiger partial charge in [0, 0.05) is 31.4 Å². The predicted octanol–water partition coefficient (Wildman–Crippen LogP) is 2.87. The minimum absolute atomic E-state index is 0.0743. The molecule has 1 atom stereocenters. The van der Waals surface area contributed by atoms with Crippen LogP contribution in [0.1, 0.15) is 17.2 Å². The molecule has 6 heteroatoms. The van der Waals surface area contributed by atoms with Gasteiger partial charge in [0.05, 0.1) is 17.0 Å². The first-order valence-electron chi connectivity index (χ1n) is 9.62. The van der Waals surface area contributed by atoms with E-state index in [9.17, 15) is 9.59 Å². The first kappa shape index (κ1) is 18.7. The van der Waals surface area contributed by atoms with E-state index in [1.165, 1.54) is 0 Å². The van der Waals surface area contributed by atoms with E-state index in [0.717, 1.165) is 22.3 Å². The third-order valence-electron chi connectivity index (χ3n) is 4.97. The fourth-order valence-corrected chi connectivity index (χ4v) is 3.52. The van der Waals surface area contributed by atoms with Crippen molar-refractivity contribution in [3.63, 3.8) is 0 Å². The fraction of sp³-hybridized carbons (Fsp3) is 0.174. The number of para-hydroxylation sites is 2. The number of amides is 1. The maximum atomic E-state index is 13.0. The summed E-state index contributed by atoms with van der Waals surface area (Å²) in [7, 11) is 0. The van der Waals surface area contributed by atoms with Gasteiger partial charge in [-0.3, -0.25) is 14.3 Å². The highest BCUT2D eigenvalue weighted by Gasteiger charge is 2.21. The molecule has 29 heavy (non-hydrogen) atoms. The number of carbonyl (C=O) groups is 1. The Kier molecular flexibility index (Phi) is 5.52. The van der Waals surface area contributed by atoms with Gasteiger partial charge in [0.2, 0.25) is 5.91 Å². The van der Waals surface area contributed by atoms with Gasteiger partial charge in [-0.2, -0.15) is 0 Å². The molecule has 0 aliphatic carbocycles. The molecule has 4 aromatic rings. The SMILES string of the molecule is O=C(NCCn1c(=O)[nH]c2ccccc21)C(Cc1ccccn1)c1ccccc1. The lowest BCUT2D eigenvalue weighted by molar-refractivity contribution is -0.122. The highest BCUT2D eigenvalue weighted by atomic mass is 16.2. The summed E-state index contributed by atoms with van der Waals surface area (Å²) in [6.45, 7) is 0.770. The van der Waals surface area contributed by atoms with Gasteiger partial charge in [-0.25, -0.2) is 4.79 Å². The average Bonchev–Trinajstić information content (AvgIpc) is 3.08. The van der Waals surface area contributed by atoms with Crippen LogP contribution in [0.2, 0.25) is 0 Å². The third-order valence-corrected chi connectivity index (χ3v) is 4.97. The van der Waals surface area contributed by atoms with Crippen LogP contribution in [-0.4, -0.2) is 27.0 Å². The molecule has 146 valence electrons. The summed E-state index contributed by atoms with van der Waals surface area (Å²) in [4.78, 5) is 32.4. The number of nitrogens with zero attached hydrogens (tertiary/aromatic N) is 2. The van der Waals surface area contributed by atoms with Crippen molar-refractivity contribution in [1.82, 2.24) is 19.9 Å². The van der Waals surface area contributed by atoms with Crippen molar-refractivity contribution in [3.8, 4) is 0 Å². The topological polar surface area (TPSA) is 79.8 Å². The molecule has 0 saturated carbocycles. The van der Waals surface area contributed by atoms with Crippen LogP contribution >= 0.6 is 0 Å². The van der Waals surface area contributed by atoms with Crippen LogP contribution in [-0.2, 0) is 17.8 Å². The van der Waals surface area contributed by atoms with E-state index in [0.29, 0.717) is 19.5 Å². The van der Waals surface area contributed by atoms with Crippen LogP contribution in [0.25, 0.3) is 11.0 Å². The number of hydrogen-bond donors (Lipinski definition) is 2. The predicted molar refractivity (Wildman–Crippen MR) is 113 cm³/mol. The molecule has 1 unspecified atom stereocenters. The third kappa shape index (κ3) is 4.27. The van der Waals surface area contributed by atoms with Crippen LogP contribution < -0.4 is 11.0 Å². The second-order valence-electron chi connectivity index (χ2n) is 6.88. The number of H-pyrrole nitrogens is 1. The molecule has 0 bridgehead atoms. The molecule has 0 saturated heterocycles. The van der Waals surface area contributed by atoms with Gasteiger partial charge in [-0.05, 0) is 29.8 Å². The van der Waals surface area contributed by atoms with E-state index < -0.39 is 0 Å². The van der Waals surface area contributed by atoms with E-state index in [-0.39, 0.29) is 17.5 Å². The molecule has 4 rings (SSSR count). The van der Waals surface area contributed by atoms with Gasteiger partial charge in [-0.1, -0.05) is 48.5 Å². The number of imidazole rings is 1. The van der Waals surface area contributed by atoms with Crippen LogP contribution in [0, 0.1) is 0 Å². The normalized spacial score (nSPS) is 12.0. The Bertz CT molecular complexity index is 1150. The quantitative estimate of drug-likeness (QED) is 0.513. The van der Waals surface area contributed by atoms with Crippen molar-refractivity contribution in [2.24, 2.45) is 0 Å². The molecule has 0 radical (unpaired) electrons. The minimum atomic E-state index is -0.342. The Balaban J connectivity index is 1.48. The lowest BCUT2D eigenvalue weighted by Gasteiger charge is -2.17. The summed E-state index contributed by atoms with van der Waals surface area (Å²) < 4.78 is 1.64. The Morgan fingerprint density at radius 2 is 1.76 bits per heavy atom. The molecule has 0 fully saturated rings. The van der Waals surface area contributed by atoms with E-state index in [1.54, 1.807) is 10.8 Å². The van der Waals surface area contributed by atoms with Crippen molar-refractivity contribution in [1.29, 1.82) is 0 Å². The number of nitrogens with one attached hydrogen (secondary N) is 2.